The summed E-state index contributed by atoms with van der Waals surface area (Å²) in [5, 5.41) is 16.3. The zero-order chi connectivity index (χ0) is 17.7. The first-order valence-electron chi connectivity index (χ1n) is 7.99. The van der Waals surface area contributed by atoms with Crippen LogP contribution in [0.25, 0.3) is 10.8 Å². The topological polar surface area (TPSA) is 101 Å². The van der Waals surface area contributed by atoms with Gasteiger partial charge in [-0.05, 0) is 19.4 Å². The second-order valence-corrected chi connectivity index (χ2v) is 5.66. The van der Waals surface area contributed by atoms with E-state index in [0.717, 1.165) is 19.3 Å². The fraction of sp³-hybridized carbons (Fsp3) is 0.412. The van der Waals surface area contributed by atoms with E-state index in [-0.39, 0.29) is 11.3 Å². The SMILES string of the molecule is CCCCCn1nc(C(=O)N[C@H](C)C(=O)O)c2ccccc2c1=O. The zero-order valence-electron chi connectivity index (χ0n) is 13.8. The molecule has 0 saturated heterocycles. The number of aromatic nitrogens is 2. The third kappa shape index (κ3) is 3.79. The molecule has 1 atom stereocenters. The Morgan fingerprint density at radius 1 is 1.25 bits per heavy atom. The van der Waals surface area contributed by atoms with Gasteiger partial charge >= 0.3 is 5.97 Å². The largest absolute Gasteiger partial charge is 0.480 e. The standard InChI is InChI=1S/C17H21N3O4/c1-3-4-7-10-20-16(22)13-9-6-5-8-12(13)14(19-20)15(21)18-11(2)17(23)24/h5-6,8-9,11H,3-4,7,10H2,1-2H3,(H,18,21)(H,23,24)/t11-/m1/s1. The first-order valence-corrected chi connectivity index (χ1v) is 7.99. The van der Waals surface area contributed by atoms with Gasteiger partial charge in [-0.15, -0.1) is 0 Å². The molecule has 2 N–H and O–H groups in total. The lowest BCUT2D eigenvalue weighted by molar-refractivity contribution is -0.138. The lowest BCUT2D eigenvalue weighted by atomic mass is 10.1. The van der Waals surface area contributed by atoms with Crippen molar-refractivity contribution in [3.8, 4) is 0 Å². The quantitative estimate of drug-likeness (QED) is 0.753. The Hall–Kier alpha value is -2.70. The fourth-order valence-corrected chi connectivity index (χ4v) is 2.39. The van der Waals surface area contributed by atoms with Gasteiger partial charge in [-0.1, -0.05) is 38.0 Å². The van der Waals surface area contributed by atoms with Crippen LogP contribution in [-0.4, -0.2) is 32.8 Å². The van der Waals surface area contributed by atoms with Crippen molar-refractivity contribution in [3.63, 3.8) is 0 Å². The average Bonchev–Trinajstić information content (AvgIpc) is 2.57. The Morgan fingerprint density at radius 2 is 1.92 bits per heavy atom. The van der Waals surface area contributed by atoms with Gasteiger partial charge < -0.3 is 10.4 Å². The summed E-state index contributed by atoms with van der Waals surface area (Å²) in [4.78, 5) is 35.9. The van der Waals surface area contributed by atoms with Gasteiger partial charge in [-0.3, -0.25) is 14.4 Å². The Balaban J connectivity index is 2.47. The second kappa shape index (κ2) is 7.72. The number of hydrogen-bond acceptors (Lipinski definition) is 4. The number of carboxylic acid groups (broad SMARTS) is 1. The van der Waals surface area contributed by atoms with E-state index in [1.165, 1.54) is 11.6 Å². The monoisotopic (exact) mass is 331 g/mol. The van der Waals surface area contributed by atoms with E-state index >= 15 is 0 Å². The van der Waals surface area contributed by atoms with Crippen molar-refractivity contribution in [2.24, 2.45) is 0 Å². The van der Waals surface area contributed by atoms with E-state index in [1.807, 2.05) is 0 Å². The van der Waals surface area contributed by atoms with Crippen LogP contribution in [0.5, 0.6) is 0 Å². The number of aryl methyl sites for hydroxylation is 1. The van der Waals surface area contributed by atoms with Gasteiger partial charge in [0.2, 0.25) is 0 Å². The fourth-order valence-electron chi connectivity index (χ4n) is 2.39. The van der Waals surface area contributed by atoms with Crippen LogP contribution in [-0.2, 0) is 11.3 Å². The number of nitrogens with one attached hydrogen (secondary N) is 1. The average molecular weight is 331 g/mol. The smallest absolute Gasteiger partial charge is 0.325 e. The van der Waals surface area contributed by atoms with Crippen LogP contribution in [0.15, 0.2) is 29.1 Å². The zero-order valence-corrected chi connectivity index (χ0v) is 13.8. The molecule has 0 unspecified atom stereocenters. The molecule has 1 aromatic heterocycles. The molecule has 0 aliphatic carbocycles. The van der Waals surface area contributed by atoms with E-state index in [2.05, 4.69) is 17.3 Å². The van der Waals surface area contributed by atoms with Crippen molar-refractivity contribution in [1.29, 1.82) is 0 Å². The number of hydrogen-bond donors (Lipinski definition) is 2. The molecule has 0 spiro atoms. The number of carbonyl (C=O) groups is 2. The maximum atomic E-state index is 12.5. The van der Waals surface area contributed by atoms with Crippen molar-refractivity contribution in [1.82, 2.24) is 15.1 Å². The number of amides is 1. The van der Waals surface area contributed by atoms with Gasteiger partial charge in [0.15, 0.2) is 5.69 Å². The van der Waals surface area contributed by atoms with Crippen molar-refractivity contribution in [2.75, 3.05) is 0 Å². The minimum absolute atomic E-state index is 0.0646. The molecule has 2 rings (SSSR count). The highest BCUT2D eigenvalue weighted by atomic mass is 16.4. The summed E-state index contributed by atoms with van der Waals surface area (Å²) in [6, 6.07) is 5.68. The number of nitrogens with zero attached hydrogens (tertiary/aromatic N) is 2. The van der Waals surface area contributed by atoms with Crippen molar-refractivity contribution < 1.29 is 14.7 Å². The molecule has 0 saturated carbocycles. The Labute approximate surface area is 139 Å². The lowest BCUT2D eigenvalue weighted by Gasteiger charge is -2.13. The molecule has 0 fully saturated rings. The normalized spacial score (nSPS) is 12.1. The molecule has 0 bridgehead atoms. The molecule has 1 heterocycles. The predicted molar refractivity (Wildman–Crippen MR) is 90.1 cm³/mol. The van der Waals surface area contributed by atoms with Crippen LogP contribution in [0.1, 0.15) is 43.6 Å². The lowest BCUT2D eigenvalue weighted by Crippen LogP contribution is -2.40. The van der Waals surface area contributed by atoms with Crippen LogP contribution in [0.2, 0.25) is 0 Å². The minimum Gasteiger partial charge on any atom is -0.480 e. The summed E-state index contributed by atoms with van der Waals surface area (Å²) < 4.78 is 1.29. The van der Waals surface area contributed by atoms with E-state index in [0.29, 0.717) is 17.3 Å². The van der Waals surface area contributed by atoms with E-state index < -0.39 is 17.9 Å². The Kier molecular flexibility index (Phi) is 5.68. The summed E-state index contributed by atoms with van der Waals surface area (Å²) in [5.74, 6) is -1.74. The summed E-state index contributed by atoms with van der Waals surface area (Å²) in [6.45, 7) is 3.86. The molecule has 0 aliphatic rings. The molecule has 24 heavy (non-hydrogen) atoms. The van der Waals surface area contributed by atoms with E-state index in [4.69, 9.17) is 5.11 Å². The third-order valence-corrected chi connectivity index (χ3v) is 3.77. The highest BCUT2D eigenvalue weighted by Gasteiger charge is 2.20. The van der Waals surface area contributed by atoms with E-state index in [9.17, 15) is 14.4 Å². The maximum Gasteiger partial charge on any atom is 0.325 e. The number of carbonyl (C=O) groups excluding carboxylic acids is 1. The van der Waals surface area contributed by atoms with Gasteiger partial charge in [0.25, 0.3) is 11.5 Å². The number of benzene rings is 1. The van der Waals surface area contributed by atoms with Crippen LogP contribution in [0, 0.1) is 0 Å². The molecule has 0 aliphatic heterocycles. The third-order valence-electron chi connectivity index (χ3n) is 3.77. The highest BCUT2D eigenvalue weighted by Crippen LogP contribution is 2.13. The van der Waals surface area contributed by atoms with Gasteiger partial charge in [-0.25, -0.2) is 4.68 Å². The van der Waals surface area contributed by atoms with Gasteiger partial charge in [-0.2, -0.15) is 5.10 Å². The van der Waals surface area contributed by atoms with Crippen LogP contribution >= 0.6 is 0 Å². The Bertz CT molecular complexity index is 813. The van der Waals surface area contributed by atoms with Crippen molar-refractivity contribution in [3.05, 3.63) is 40.3 Å². The summed E-state index contributed by atoms with van der Waals surface area (Å²) in [6.07, 6.45) is 2.75. The van der Waals surface area contributed by atoms with Gasteiger partial charge in [0, 0.05) is 11.9 Å². The van der Waals surface area contributed by atoms with Gasteiger partial charge in [0.05, 0.1) is 5.39 Å². The Morgan fingerprint density at radius 3 is 2.54 bits per heavy atom. The molecular formula is C17H21N3O4. The molecule has 2 aromatic rings. The molecular weight excluding hydrogens is 310 g/mol. The minimum atomic E-state index is -1.14. The molecule has 128 valence electrons. The molecule has 1 amide bonds. The van der Waals surface area contributed by atoms with Crippen LogP contribution in [0.3, 0.4) is 0 Å². The summed E-state index contributed by atoms with van der Waals surface area (Å²) >= 11 is 0. The molecule has 0 radical (unpaired) electrons. The van der Waals surface area contributed by atoms with E-state index in [1.54, 1.807) is 24.3 Å². The number of aliphatic carboxylic acids is 1. The van der Waals surface area contributed by atoms with Crippen molar-refractivity contribution in [2.45, 2.75) is 45.7 Å². The van der Waals surface area contributed by atoms with Crippen LogP contribution < -0.4 is 10.9 Å². The number of unbranched alkanes of at least 4 members (excludes halogenated alkanes) is 2. The predicted octanol–water partition coefficient (Wildman–Crippen LogP) is 1.79. The second-order valence-electron chi connectivity index (χ2n) is 5.66. The van der Waals surface area contributed by atoms with Crippen molar-refractivity contribution >= 4 is 22.6 Å². The summed E-state index contributed by atoms with van der Waals surface area (Å²) in [5.41, 5.74) is -0.181. The number of rotatable bonds is 7. The van der Waals surface area contributed by atoms with Gasteiger partial charge in [0.1, 0.15) is 6.04 Å². The maximum absolute atomic E-state index is 12.5. The molecule has 7 nitrogen and oxygen atoms in total. The first-order chi connectivity index (χ1) is 11.5. The number of fused-ring (bicyclic) bond motifs is 1. The molecule has 1 aromatic carbocycles. The highest BCUT2D eigenvalue weighted by molar-refractivity contribution is 6.05. The first kappa shape index (κ1) is 17.7. The summed E-state index contributed by atoms with van der Waals surface area (Å²) in [7, 11) is 0. The number of carboxylic acids is 1. The molecule has 7 heteroatoms. The van der Waals surface area contributed by atoms with Crippen LogP contribution in [0.4, 0.5) is 0 Å².